The molecule has 0 saturated carbocycles. The minimum Gasteiger partial charge on any atom is -0.467 e. The molecule has 0 fully saturated rings. The second kappa shape index (κ2) is 9.09. The Bertz CT molecular complexity index is 1170. The Morgan fingerprint density at radius 1 is 1.45 bits per heavy atom. The number of ether oxygens (including phenoxy) is 1. The minimum atomic E-state index is -0.742. The smallest absolute Gasteiger partial charge is 0.258 e. The lowest BCUT2D eigenvalue weighted by Crippen LogP contribution is -2.28. The molecule has 0 bridgehead atoms. The number of nitrogens with two attached hydrogens (primary N) is 1. The molecule has 0 saturated heterocycles. The summed E-state index contributed by atoms with van der Waals surface area (Å²) in [5.41, 5.74) is 7.33. The highest BCUT2D eigenvalue weighted by Gasteiger charge is 2.23. The lowest BCUT2D eigenvalue weighted by Gasteiger charge is -2.21. The van der Waals surface area contributed by atoms with Crippen LogP contribution >= 0.6 is 15.9 Å². The quantitative estimate of drug-likeness (QED) is 0.566. The van der Waals surface area contributed by atoms with Gasteiger partial charge in [-0.25, -0.2) is 14.4 Å². The molecule has 1 atom stereocenters. The van der Waals surface area contributed by atoms with Gasteiger partial charge in [-0.1, -0.05) is 0 Å². The molecule has 9 nitrogen and oxygen atoms in total. The fraction of sp³-hybridized carbons (Fsp3) is 0.250. The van der Waals surface area contributed by atoms with Gasteiger partial charge in [0.1, 0.15) is 28.3 Å². The molecule has 31 heavy (non-hydrogen) atoms. The summed E-state index contributed by atoms with van der Waals surface area (Å²) >= 11 is 3.20. The molecule has 0 spiro atoms. The average Bonchev–Trinajstić information content (AvgIpc) is 3.09. The van der Waals surface area contributed by atoms with Crippen LogP contribution in [0.15, 0.2) is 35.1 Å². The lowest BCUT2D eigenvalue weighted by atomic mass is 10.0. The second-order valence-electron chi connectivity index (χ2n) is 6.79. The van der Waals surface area contributed by atoms with Gasteiger partial charge in [-0.2, -0.15) is 10.4 Å². The molecule has 2 N–H and O–H groups in total. The van der Waals surface area contributed by atoms with Crippen LogP contribution in [0.2, 0.25) is 0 Å². The van der Waals surface area contributed by atoms with E-state index in [1.165, 1.54) is 34.0 Å². The van der Waals surface area contributed by atoms with E-state index in [1.54, 1.807) is 27.1 Å². The highest BCUT2D eigenvalue weighted by atomic mass is 79.9. The number of carbonyl (C=O) groups is 1. The van der Waals surface area contributed by atoms with E-state index >= 15 is 0 Å². The van der Waals surface area contributed by atoms with Crippen LogP contribution in [0.1, 0.15) is 40.3 Å². The van der Waals surface area contributed by atoms with E-state index in [1.807, 2.05) is 6.07 Å². The predicted octanol–water partition coefficient (Wildman–Crippen LogP) is 2.98. The lowest BCUT2D eigenvalue weighted by molar-refractivity contribution is 0.0778. The third-order valence-electron chi connectivity index (χ3n) is 4.50. The van der Waals surface area contributed by atoms with Crippen LogP contribution in [0, 0.1) is 17.1 Å². The number of aryl methyl sites for hydroxylation is 1. The van der Waals surface area contributed by atoms with Gasteiger partial charge in [0.25, 0.3) is 11.8 Å². The SMILES string of the molecule is CC(Oc1nc(Br)cnc1N)c1cc(F)ccc1C(=O)N(C)Cc1cc(C#N)n(C)n1. The van der Waals surface area contributed by atoms with Crippen LogP contribution in [0.4, 0.5) is 10.2 Å². The maximum absolute atomic E-state index is 14.0. The zero-order valence-corrected chi connectivity index (χ0v) is 18.6. The third kappa shape index (κ3) is 4.97. The third-order valence-corrected chi connectivity index (χ3v) is 4.88. The fourth-order valence-corrected chi connectivity index (χ4v) is 3.24. The van der Waals surface area contributed by atoms with Crippen molar-refractivity contribution in [2.45, 2.75) is 19.6 Å². The molecule has 1 aromatic carbocycles. The molecule has 1 amide bonds. The van der Waals surface area contributed by atoms with Gasteiger partial charge in [-0.05, 0) is 47.1 Å². The monoisotopic (exact) mass is 487 g/mol. The van der Waals surface area contributed by atoms with Crippen molar-refractivity contribution < 1.29 is 13.9 Å². The number of halogens is 2. The first kappa shape index (κ1) is 22.2. The summed E-state index contributed by atoms with van der Waals surface area (Å²) in [6.07, 6.45) is 0.683. The first-order valence-electron chi connectivity index (χ1n) is 9.12. The maximum atomic E-state index is 14.0. The van der Waals surface area contributed by atoms with Crippen molar-refractivity contribution in [3.63, 3.8) is 0 Å². The maximum Gasteiger partial charge on any atom is 0.258 e. The number of rotatable bonds is 6. The second-order valence-corrected chi connectivity index (χ2v) is 7.60. The number of nitrogens with zero attached hydrogens (tertiary/aromatic N) is 6. The van der Waals surface area contributed by atoms with Gasteiger partial charge in [0.05, 0.1) is 18.4 Å². The van der Waals surface area contributed by atoms with E-state index in [9.17, 15) is 9.18 Å². The number of amides is 1. The molecular weight excluding hydrogens is 469 g/mol. The van der Waals surface area contributed by atoms with Gasteiger partial charge in [0.2, 0.25) is 0 Å². The summed E-state index contributed by atoms with van der Waals surface area (Å²) in [7, 11) is 3.25. The van der Waals surface area contributed by atoms with Gasteiger partial charge in [-0.3, -0.25) is 9.48 Å². The largest absolute Gasteiger partial charge is 0.467 e. The molecule has 1 unspecified atom stereocenters. The number of anilines is 1. The number of hydrogen-bond acceptors (Lipinski definition) is 7. The first-order valence-corrected chi connectivity index (χ1v) is 9.91. The van der Waals surface area contributed by atoms with Crippen molar-refractivity contribution in [3.05, 3.63) is 63.4 Å². The van der Waals surface area contributed by atoms with Crippen LogP contribution in [-0.2, 0) is 13.6 Å². The number of aromatic nitrogens is 4. The Morgan fingerprint density at radius 3 is 2.87 bits per heavy atom. The van der Waals surface area contributed by atoms with Gasteiger partial charge in [0.15, 0.2) is 5.82 Å². The van der Waals surface area contributed by atoms with Crippen molar-refractivity contribution in [2.75, 3.05) is 12.8 Å². The van der Waals surface area contributed by atoms with E-state index in [-0.39, 0.29) is 29.7 Å². The van der Waals surface area contributed by atoms with Gasteiger partial charge in [-0.15, -0.1) is 0 Å². The summed E-state index contributed by atoms with van der Waals surface area (Å²) in [5, 5.41) is 13.3. The summed E-state index contributed by atoms with van der Waals surface area (Å²) in [5.74, 6) is -0.737. The Morgan fingerprint density at radius 2 is 2.19 bits per heavy atom. The molecule has 11 heteroatoms. The predicted molar refractivity (Wildman–Crippen MR) is 113 cm³/mol. The van der Waals surface area contributed by atoms with Gasteiger partial charge in [0, 0.05) is 25.2 Å². The molecule has 3 rings (SSSR count). The topological polar surface area (TPSA) is 123 Å². The number of benzene rings is 1. The van der Waals surface area contributed by atoms with Crippen molar-refractivity contribution in [3.8, 4) is 11.9 Å². The van der Waals surface area contributed by atoms with Crippen molar-refractivity contribution >= 4 is 27.7 Å². The van der Waals surface area contributed by atoms with Crippen molar-refractivity contribution in [1.29, 1.82) is 5.26 Å². The van der Waals surface area contributed by atoms with Gasteiger partial charge < -0.3 is 15.4 Å². The Hall–Kier alpha value is -3.52. The summed E-state index contributed by atoms with van der Waals surface area (Å²) in [6.45, 7) is 1.83. The minimum absolute atomic E-state index is 0.0652. The first-order chi connectivity index (χ1) is 14.7. The van der Waals surface area contributed by atoms with Crippen molar-refractivity contribution in [1.82, 2.24) is 24.6 Å². The molecule has 0 radical (unpaired) electrons. The standard InChI is InChI=1S/C20H19BrFN7O2/c1-11(31-19-18(24)25-9-17(21)26-19)16-6-12(22)4-5-15(16)20(30)28(2)10-13-7-14(8-23)29(3)27-13/h4-7,9,11H,10H2,1-3H3,(H2,24,25). The molecule has 0 aliphatic carbocycles. The van der Waals surface area contributed by atoms with Crippen LogP contribution in [0.25, 0.3) is 0 Å². The van der Waals surface area contributed by atoms with Crippen LogP contribution in [0.3, 0.4) is 0 Å². The van der Waals surface area contributed by atoms with E-state index < -0.39 is 11.9 Å². The number of carbonyl (C=O) groups excluding carboxylic acids is 1. The number of hydrogen-bond donors (Lipinski definition) is 1. The Labute approximate surface area is 186 Å². The Kier molecular flexibility index (Phi) is 6.50. The molecule has 2 aromatic heterocycles. The molecule has 3 aromatic rings. The van der Waals surface area contributed by atoms with E-state index in [2.05, 4.69) is 31.0 Å². The van der Waals surface area contributed by atoms with E-state index in [0.717, 1.165) is 0 Å². The zero-order valence-electron chi connectivity index (χ0n) is 17.0. The summed E-state index contributed by atoms with van der Waals surface area (Å²) in [4.78, 5) is 22.6. The van der Waals surface area contributed by atoms with Crippen LogP contribution in [-0.4, -0.2) is 37.6 Å². The van der Waals surface area contributed by atoms with E-state index in [0.29, 0.717) is 21.6 Å². The molecule has 0 aliphatic heterocycles. The normalized spacial score (nSPS) is 11.6. The fourth-order valence-electron chi connectivity index (χ4n) is 2.97. The van der Waals surface area contributed by atoms with Gasteiger partial charge >= 0.3 is 0 Å². The molecule has 2 heterocycles. The molecular formula is C20H19BrFN7O2. The number of nitriles is 1. The molecule has 0 aliphatic rings. The van der Waals surface area contributed by atoms with Crippen LogP contribution < -0.4 is 10.5 Å². The van der Waals surface area contributed by atoms with Crippen molar-refractivity contribution in [2.24, 2.45) is 7.05 Å². The highest BCUT2D eigenvalue weighted by Crippen LogP contribution is 2.28. The average molecular weight is 488 g/mol. The molecule has 160 valence electrons. The Balaban J connectivity index is 1.86. The summed E-state index contributed by atoms with van der Waals surface area (Å²) in [6, 6.07) is 7.48. The highest BCUT2D eigenvalue weighted by molar-refractivity contribution is 9.10. The van der Waals surface area contributed by atoms with Crippen LogP contribution in [0.5, 0.6) is 5.88 Å². The zero-order chi connectivity index (χ0) is 22.7. The summed E-state index contributed by atoms with van der Waals surface area (Å²) < 4.78 is 21.6. The number of nitrogen functional groups attached to an aromatic ring is 1. The van der Waals surface area contributed by atoms with E-state index in [4.69, 9.17) is 15.7 Å².